The maximum absolute atomic E-state index is 12.8. The summed E-state index contributed by atoms with van der Waals surface area (Å²) in [6.07, 6.45) is 0.840. The first kappa shape index (κ1) is 32.4. The van der Waals surface area contributed by atoms with E-state index in [4.69, 9.17) is 14.2 Å². The van der Waals surface area contributed by atoms with Crippen molar-refractivity contribution in [3.05, 3.63) is 108 Å². The van der Waals surface area contributed by atoms with Crippen molar-refractivity contribution in [1.29, 1.82) is 0 Å². The fourth-order valence-electron chi connectivity index (χ4n) is 4.59. The molecule has 4 aromatic rings. The SMILES string of the molecule is COC(=O)[C@@H](Cc1ccccc1)Nc1nc(N[C@H](Cc2ccccc2)C(=O)OC)nc(N[C@H](Cc2ccccc2)C(=O)OC)n1. The number of carbonyl (C=O) groups excluding carboxylic acids is 3. The van der Waals surface area contributed by atoms with Gasteiger partial charge in [-0.25, -0.2) is 14.4 Å². The minimum Gasteiger partial charge on any atom is -0.467 e. The van der Waals surface area contributed by atoms with E-state index >= 15 is 0 Å². The van der Waals surface area contributed by atoms with E-state index in [0.29, 0.717) is 0 Å². The molecule has 0 spiro atoms. The topological polar surface area (TPSA) is 154 Å². The van der Waals surface area contributed by atoms with Crippen molar-refractivity contribution < 1.29 is 28.6 Å². The maximum Gasteiger partial charge on any atom is 0.328 e. The van der Waals surface area contributed by atoms with Gasteiger partial charge in [0.1, 0.15) is 18.1 Å². The molecule has 0 fully saturated rings. The number of benzene rings is 3. The second-order valence-electron chi connectivity index (χ2n) is 10.0. The number of nitrogens with zero attached hydrogens (tertiary/aromatic N) is 3. The van der Waals surface area contributed by atoms with Gasteiger partial charge in [0.2, 0.25) is 17.8 Å². The van der Waals surface area contributed by atoms with Crippen molar-refractivity contribution in [2.75, 3.05) is 37.3 Å². The van der Waals surface area contributed by atoms with Crippen LogP contribution in [0.2, 0.25) is 0 Å². The average molecular weight is 613 g/mol. The van der Waals surface area contributed by atoms with E-state index in [1.165, 1.54) is 21.3 Å². The largest absolute Gasteiger partial charge is 0.467 e. The van der Waals surface area contributed by atoms with Crippen LogP contribution in [0.3, 0.4) is 0 Å². The first-order valence-electron chi connectivity index (χ1n) is 14.3. The predicted molar refractivity (Wildman–Crippen MR) is 169 cm³/mol. The van der Waals surface area contributed by atoms with Gasteiger partial charge in [0.25, 0.3) is 0 Å². The second-order valence-corrected chi connectivity index (χ2v) is 10.0. The van der Waals surface area contributed by atoms with Gasteiger partial charge in [-0.05, 0) is 16.7 Å². The zero-order valence-electron chi connectivity index (χ0n) is 25.3. The molecule has 0 bridgehead atoms. The monoisotopic (exact) mass is 612 g/mol. The third-order valence-electron chi connectivity index (χ3n) is 6.85. The Hall–Kier alpha value is -5.52. The Labute approximate surface area is 261 Å². The molecule has 0 saturated heterocycles. The van der Waals surface area contributed by atoms with E-state index in [-0.39, 0.29) is 37.1 Å². The van der Waals surface area contributed by atoms with E-state index in [9.17, 15) is 14.4 Å². The first-order chi connectivity index (χ1) is 21.9. The Morgan fingerprint density at radius 2 is 0.733 bits per heavy atom. The van der Waals surface area contributed by atoms with Crippen molar-refractivity contribution in [3.8, 4) is 0 Å². The van der Waals surface area contributed by atoms with Gasteiger partial charge in [-0.3, -0.25) is 0 Å². The Balaban J connectivity index is 1.69. The highest BCUT2D eigenvalue weighted by Gasteiger charge is 2.26. The van der Waals surface area contributed by atoms with Crippen molar-refractivity contribution in [3.63, 3.8) is 0 Å². The van der Waals surface area contributed by atoms with Crippen LogP contribution in [0.15, 0.2) is 91.0 Å². The molecule has 1 aromatic heterocycles. The molecule has 0 saturated carbocycles. The molecule has 45 heavy (non-hydrogen) atoms. The highest BCUT2D eigenvalue weighted by molar-refractivity contribution is 5.81. The molecular formula is C33H36N6O6. The molecular weight excluding hydrogens is 576 g/mol. The van der Waals surface area contributed by atoms with Gasteiger partial charge in [-0.1, -0.05) is 91.0 Å². The third-order valence-corrected chi connectivity index (χ3v) is 6.85. The average Bonchev–Trinajstić information content (AvgIpc) is 3.07. The molecule has 3 aromatic carbocycles. The first-order valence-corrected chi connectivity index (χ1v) is 14.3. The van der Waals surface area contributed by atoms with Crippen molar-refractivity contribution >= 4 is 35.8 Å². The lowest BCUT2D eigenvalue weighted by molar-refractivity contribution is -0.142. The van der Waals surface area contributed by atoms with Crippen LogP contribution < -0.4 is 16.0 Å². The van der Waals surface area contributed by atoms with Crippen LogP contribution in [-0.4, -0.2) is 72.3 Å². The molecule has 3 atom stereocenters. The summed E-state index contributed by atoms with van der Waals surface area (Å²) >= 11 is 0. The number of hydrogen-bond donors (Lipinski definition) is 3. The summed E-state index contributed by atoms with van der Waals surface area (Å²) in [5.41, 5.74) is 2.65. The van der Waals surface area contributed by atoms with Crippen LogP contribution in [0.4, 0.5) is 17.8 Å². The normalized spacial score (nSPS) is 12.6. The minimum absolute atomic E-state index is 0.00739. The van der Waals surface area contributed by atoms with E-state index < -0.39 is 36.0 Å². The van der Waals surface area contributed by atoms with Crippen molar-refractivity contribution in [1.82, 2.24) is 15.0 Å². The van der Waals surface area contributed by atoms with Gasteiger partial charge in [-0.15, -0.1) is 0 Å². The van der Waals surface area contributed by atoms with Gasteiger partial charge in [-0.2, -0.15) is 15.0 Å². The fraction of sp³-hybridized carbons (Fsp3) is 0.273. The minimum atomic E-state index is -0.859. The number of methoxy groups -OCH3 is 3. The third kappa shape index (κ3) is 9.75. The van der Waals surface area contributed by atoms with Crippen LogP contribution in [0, 0.1) is 0 Å². The summed E-state index contributed by atoms with van der Waals surface area (Å²) in [6, 6.07) is 25.6. The fourth-order valence-corrected chi connectivity index (χ4v) is 4.59. The molecule has 12 heteroatoms. The smallest absolute Gasteiger partial charge is 0.328 e. The van der Waals surface area contributed by atoms with Gasteiger partial charge < -0.3 is 30.2 Å². The van der Waals surface area contributed by atoms with Gasteiger partial charge in [0.05, 0.1) is 21.3 Å². The highest BCUT2D eigenvalue weighted by Crippen LogP contribution is 2.18. The van der Waals surface area contributed by atoms with E-state index in [0.717, 1.165) is 16.7 Å². The lowest BCUT2D eigenvalue weighted by atomic mass is 10.1. The molecule has 0 aliphatic heterocycles. The van der Waals surface area contributed by atoms with Crippen LogP contribution in [-0.2, 0) is 47.9 Å². The number of nitrogens with one attached hydrogen (secondary N) is 3. The summed E-state index contributed by atoms with van der Waals surface area (Å²) in [7, 11) is 3.89. The maximum atomic E-state index is 12.8. The lowest BCUT2D eigenvalue weighted by Gasteiger charge is -2.21. The standard InChI is InChI=1S/C33H36N6O6/c1-43-28(40)25(19-22-13-7-4-8-14-22)34-31-37-32(35-26(29(41)44-2)20-23-15-9-5-10-16-23)39-33(38-31)36-27(30(42)45-3)21-24-17-11-6-12-18-24/h4-18,25-27H,19-21H2,1-3H3,(H3,34,35,36,37,38,39)/t25-,26-,27-/m1/s1. The zero-order chi connectivity index (χ0) is 32.0. The number of hydrogen-bond acceptors (Lipinski definition) is 12. The quantitative estimate of drug-likeness (QED) is 0.133. The summed E-state index contributed by atoms with van der Waals surface area (Å²) in [5, 5.41) is 9.13. The number of ether oxygens (including phenoxy) is 3. The van der Waals surface area contributed by atoms with Crippen LogP contribution >= 0.6 is 0 Å². The van der Waals surface area contributed by atoms with Gasteiger partial charge in [0.15, 0.2) is 0 Å². The van der Waals surface area contributed by atoms with Crippen LogP contribution in [0.1, 0.15) is 16.7 Å². The summed E-state index contributed by atoms with van der Waals surface area (Å²) in [5.74, 6) is -1.57. The molecule has 4 rings (SSSR count). The zero-order valence-corrected chi connectivity index (χ0v) is 25.3. The van der Waals surface area contributed by atoms with Crippen LogP contribution in [0.5, 0.6) is 0 Å². The van der Waals surface area contributed by atoms with E-state index in [1.54, 1.807) is 0 Å². The Kier molecular flexibility index (Phi) is 11.8. The van der Waals surface area contributed by atoms with Crippen molar-refractivity contribution in [2.24, 2.45) is 0 Å². The molecule has 0 aliphatic rings. The molecule has 234 valence electrons. The molecule has 0 unspecified atom stereocenters. The second kappa shape index (κ2) is 16.4. The molecule has 0 amide bonds. The number of anilines is 3. The molecule has 3 N–H and O–H groups in total. The lowest BCUT2D eigenvalue weighted by Crippen LogP contribution is -2.36. The number of esters is 3. The summed E-state index contributed by atoms with van der Waals surface area (Å²) in [6.45, 7) is 0. The molecule has 0 aliphatic carbocycles. The number of aromatic nitrogens is 3. The Morgan fingerprint density at radius 1 is 0.489 bits per heavy atom. The van der Waals surface area contributed by atoms with E-state index in [2.05, 4.69) is 30.9 Å². The molecule has 1 heterocycles. The van der Waals surface area contributed by atoms with Crippen molar-refractivity contribution in [2.45, 2.75) is 37.4 Å². The van der Waals surface area contributed by atoms with E-state index in [1.807, 2.05) is 91.0 Å². The Bertz CT molecular complexity index is 1340. The summed E-state index contributed by atoms with van der Waals surface area (Å²) < 4.78 is 15.1. The Morgan fingerprint density at radius 3 is 0.956 bits per heavy atom. The molecule has 0 radical (unpaired) electrons. The molecule has 12 nitrogen and oxygen atoms in total. The van der Waals surface area contributed by atoms with Crippen LogP contribution in [0.25, 0.3) is 0 Å². The number of carbonyl (C=O) groups is 3. The van der Waals surface area contributed by atoms with Gasteiger partial charge >= 0.3 is 17.9 Å². The number of rotatable bonds is 15. The highest BCUT2D eigenvalue weighted by atomic mass is 16.5. The predicted octanol–water partition coefficient (Wildman–Crippen LogP) is 3.46. The van der Waals surface area contributed by atoms with Gasteiger partial charge in [0, 0.05) is 19.3 Å². The summed E-state index contributed by atoms with van der Waals surface area (Å²) in [4.78, 5) is 51.8.